The first-order valence-electron chi connectivity index (χ1n) is 3.72. The number of hydrogen-bond donors (Lipinski definition) is 1. The van der Waals surface area contributed by atoms with Gasteiger partial charge in [-0.3, -0.25) is 0 Å². The van der Waals surface area contributed by atoms with Gasteiger partial charge >= 0.3 is 5.51 Å². The number of halogens is 3. The zero-order valence-electron chi connectivity index (χ0n) is 6.55. The lowest BCUT2D eigenvalue weighted by molar-refractivity contribution is -0.0345. The van der Waals surface area contributed by atoms with E-state index in [0.29, 0.717) is 10.5 Å². The zero-order chi connectivity index (χ0) is 9.47. The van der Waals surface area contributed by atoms with E-state index in [9.17, 15) is 13.2 Å². The van der Waals surface area contributed by atoms with Crippen molar-refractivity contribution in [1.29, 1.82) is 0 Å². The van der Waals surface area contributed by atoms with E-state index < -0.39 is 16.4 Å². The summed E-state index contributed by atoms with van der Waals surface area (Å²) in [4.78, 5) is 0.421. The van der Waals surface area contributed by atoms with Gasteiger partial charge in [0.25, 0.3) is 0 Å². The molecule has 0 aliphatic carbocycles. The molecule has 0 radical (unpaired) electrons. The molecule has 1 aromatic rings. The van der Waals surface area contributed by atoms with Gasteiger partial charge in [0.05, 0.1) is 0 Å². The standard InChI is InChI=1S/C9H7F3S/c10-9(11,12)13-6-5-7-3-1-2-4-8(7)13/h1-6,13H. The summed E-state index contributed by atoms with van der Waals surface area (Å²) in [6.45, 7) is 0. The number of alkyl halides is 3. The van der Waals surface area contributed by atoms with Crippen molar-refractivity contribution in [3.63, 3.8) is 0 Å². The Hall–Kier alpha value is -0.900. The Bertz CT molecular complexity index is 354. The molecule has 1 heterocycles. The van der Waals surface area contributed by atoms with Crippen LogP contribution in [0, 0.1) is 0 Å². The predicted molar refractivity (Wildman–Crippen MR) is 48.8 cm³/mol. The lowest BCUT2D eigenvalue weighted by Crippen LogP contribution is -2.05. The van der Waals surface area contributed by atoms with Gasteiger partial charge in [0.15, 0.2) is 0 Å². The molecule has 0 spiro atoms. The Morgan fingerprint density at radius 1 is 1.08 bits per heavy atom. The maximum Gasteiger partial charge on any atom is 0.430 e. The molecule has 4 heteroatoms. The van der Waals surface area contributed by atoms with Crippen LogP contribution in [0.25, 0.3) is 6.08 Å². The van der Waals surface area contributed by atoms with E-state index in [0.717, 1.165) is 0 Å². The highest BCUT2D eigenvalue weighted by Crippen LogP contribution is 2.57. The normalized spacial score (nSPS) is 23.2. The second kappa shape index (κ2) is 2.80. The van der Waals surface area contributed by atoms with Gasteiger partial charge in [-0.25, -0.2) is 0 Å². The lowest BCUT2D eigenvalue weighted by Gasteiger charge is -2.18. The van der Waals surface area contributed by atoms with Crippen molar-refractivity contribution in [2.75, 3.05) is 0 Å². The first-order chi connectivity index (χ1) is 6.09. The molecule has 0 N–H and O–H groups in total. The summed E-state index contributed by atoms with van der Waals surface area (Å²) in [5.41, 5.74) is -3.40. The molecule has 13 heavy (non-hydrogen) atoms. The Kier molecular flexibility index (Phi) is 1.87. The minimum atomic E-state index is -4.10. The van der Waals surface area contributed by atoms with Crippen molar-refractivity contribution in [1.82, 2.24) is 0 Å². The van der Waals surface area contributed by atoms with Crippen molar-refractivity contribution in [2.24, 2.45) is 0 Å². The summed E-state index contributed by atoms with van der Waals surface area (Å²) in [5.74, 6) is 0. The molecule has 0 nitrogen and oxygen atoms in total. The first kappa shape index (κ1) is 8.69. The van der Waals surface area contributed by atoms with Gasteiger partial charge < -0.3 is 0 Å². The molecule has 1 aliphatic rings. The van der Waals surface area contributed by atoms with Crippen LogP contribution in [0.2, 0.25) is 0 Å². The van der Waals surface area contributed by atoms with Crippen LogP contribution in [-0.4, -0.2) is 5.51 Å². The molecule has 0 amide bonds. The summed E-state index contributed by atoms with van der Waals surface area (Å²) >= 11 is 0. The second-order valence-electron chi connectivity index (χ2n) is 2.71. The zero-order valence-corrected chi connectivity index (χ0v) is 7.44. The molecule has 1 aromatic carbocycles. The summed E-state index contributed by atoms with van der Waals surface area (Å²) in [7, 11) is -2.08. The van der Waals surface area contributed by atoms with Crippen LogP contribution >= 0.6 is 10.9 Å². The minimum absolute atomic E-state index is 0.421. The van der Waals surface area contributed by atoms with Crippen molar-refractivity contribution in [2.45, 2.75) is 10.4 Å². The van der Waals surface area contributed by atoms with Gasteiger partial charge in [-0.1, -0.05) is 18.2 Å². The van der Waals surface area contributed by atoms with Gasteiger partial charge in [-0.15, -0.1) is 10.9 Å². The number of rotatable bonds is 0. The van der Waals surface area contributed by atoms with E-state index >= 15 is 0 Å². The van der Waals surface area contributed by atoms with Crippen molar-refractivity contribution >= 4 is 17.0 Å². The fourth-order valence-corrected chi connectivity index (χ4v) is 2.89. The van der Waals surface area contributed by atoms with E-state index in [1.165, 1.54) is 5.41 Å². The Balaban J connectivity index is 2.45. The molecule has 70 valence electrons. The van der Waals surface area contributed by atoms with Crippen molar-refractivity contribution in [3.05, 3.63) is 35.2 Å². The molecule has 0 saturated carbocycles. The van der Waals surface area contributed by atoms with E-state index in [4.69, 9.17) is 0 Å². The van der Waals surface area contributed by atoms with Gasteiger partial charge in [-0.2, -0.15) is 13.2 Å². The van der Waals surface area contributed by atoms with Crippen molar-refractivity contribution < 1.29 is 13.2 Å². The van der Waals surface area contributed by atoms with Crippen LogP contribution in [0.15, 0.2) is 34.6 Å². The molecule has 1 atom stereocenters. The topological polar surface area (TPSA) is 0 Å². The average Bonchev–Trinajstić information content (AvgIpc) is 2.45. The Morgan fingerprint density at radius 3 is 2.46 bits per heavy atom. The third kappa shape index (κ3) is 1.46. The number of benzene rings is 1. The lowest BCUT2D eigenvalue weighted by atomic mass is 10.2. The van der Waals surface area contributed by atoms with Gasteiger partial charge in [0, 0.05) is 4.90 Å². The predicted octanol–water partition coefficient (Wildman–Crippen LogP) is 3.55. The third-order valence-corrected chi connectivity index (χ3v) is 3.79. The summed E-state index contributed by atoms with van der Waals surface area (Å²) in [6, 6.07) is 6.65. The average molecular weight is 204 g/mol. The summed E-state index contributed by atoms with van der Waals surface area (Å²) in [6.07, 6.45) is 1.55. The van der Waals surface area contributed by atoms with Crippen molar-refractivity contribution in [3.8, 4) is 0 Å². The van der Waals surface area contributed by atoms with Crippen LogP contribution in [-0.2, 0) is 0 Å². The molecule has 0 fully saturated rings. The highest BCUT2D eigenvalue weighted by Gasteiger charge is 2.38. The Labute approximate surface area is 76.4 Å². The number of thiol groups is 1. The van der Waals surface area contributed by atoms with Crippen LogP contribution in [0.1, 0.15) is 5.56 Å². The first-order valence-corrected chi connectivity index (χ1v) is 5.13. The molecule has 2 rings (SSSR count). The van der Waals surface area contributed by atoms with E-state index in [2.05, 4.69) is 0 Å². The van der Waals surface area contributed by atoms with Crippen LogP contribution in [0.4, 0.5) is 13.2 Å². The largest absolute Gasteiger partial charge is 0.430 e. The van der Waals surface area contributed by atoms with Crippen LogP contribution < -0.4 is 0 Å². The number of hydrogen-bond acceptors (Lipinski definition) is 0. The quantitative estimate of drug-likeness (QED) is 0.614. The van der Waals surface area contributed by atoms with Crippen LogP contribution in [0.3, 0.4) is 0 Å². The van der Waals surface area contributed by atoms with E-state index in [1.54, 1.807) is 30.3 Å². The molecule has 1 aliphatic heterocycles. The molecule has 1 unspecified atom stereocenters. The highest BCUT2D eigenvalue weighted by molar-refractivity contribution is 8.20. The van der Waals surface area contributed by atoms with E-state index in [1.807, 2.05) is 0 Å². The summed E-state index contributed by atoms with van der Waals surface area (Å²) in [5, 5.41) is 1.26. The number of fused-ring (bicyclic) bond motifs is 1. The molecule has 0 aromatic heterocycles. The molecule has 0 bridgehead atoms. The molecular weight excluding hydrogens is 197 g/mol. The maximum absolute atomic E-state index is 12.4. The highest BCUT2D eigenvalue weighted by atomic mass is 32.2. The minimum Gasteiger partial charge on any atom is -0.161 e. The van der Waals surface area contributed by atoms with Gasteiger partial charge in [-0.05, 0) is 23.1 Å². The van der Waals surface area contributed by atoms with Gasteiger partial charge in [0.2, 0.25) is 0 Å². The molecule has 0 saturated heterocycles. The molecular formula is C9H7F3S. The SMILES string of the molecule is FC(F)(F)[SH]1C=Cc2ccccc21. The second-order valence-corrected chi connectivity index (χ2v) is 4.74. The fourth-order valence-electron chi connectivity index (χ4n) is 1.30. The van der Waals surface area contributed by atoms with Gasteiger partial charge in [0.1, 0.15) is 0 Å². The maximum atomic E-state index is 12.4. The Morgan fingerprint density at radius 2 is 1.77 bits per heavy atom. The van der Waals surface area contributed by atoms with Crippen LogP contribution in [0.5, 0.6) is 0 Å². The smallest absolute Gasteiger partial charge is 0.161 e. The van der Waals surface area contributed by atoms with E-state index in [-0.39, 0.29) is 0 Å². The fraction of sp³-hybridized carbons (Fsp3) is 0.111. The monoisotopic (exact) mass is 204 g/mol. The third-order valence-electron chi connectivity index (χ3n) is 1.87. The summed E-state index contributed by atoms with van der Waals surface area (Å²) < 4.78 is 37.3.